The normalized spacial score (nSPS) is 11.4. The first-order chi connectivity index (χ1) is 7.29. The van der Waals surface area contributed by atoms with Crippen molar-refractivity contribution in [1.29, 1.82) is 0 Å². The van der Waals surface area contributed by atoms with Gasteiger partial charge >= 0.3 is 11.9 Å². The number of esters is 1. The number of ether oxygens (including phenoxy) is 1. The van der Waals surface area contributed by atoms with Crippen LogP contribution in [-0.2, 0) is 24.3 Å². The molecule has 7 nitrogen and oxygen atoms in total. The maximum atomic E-state index is 11.3. The molecule has 0 spiro atoms. The van der Waals surface area contributed by atoms with Crippen LogP contribution in [0, 0.1) is 0 Å². The number of carboxylic acids is 1. The quantitative estimate of drug-likeness (QED) is 0.601. The summed E-state index contributed by atoms with van der Waals surface area (Å²) in [4.78, 5) is 21.2. The first-order valence-electron chi connectivity index (χ1n) is 4.61. The molecule has 8 heteroatoms. The van der Waals surface area contributed by atoms with Gasteiger partial charge in [0.1, 0.15) is 0 Å². The zero-order chi connectivity index (χ0) is 12.8. The summed E-state index contributed by atoms with van der Waals surface area (Å²) in [5.41, 5.74) is 0. The molecule has 1 N–H and O–H groups in total. The minimum Gasteiger partial charge on any atom is -0.480 e. The van der Waals surface area contributed by atoms with Crippen LogP contribution >= 0.6 is 0 Å². The molecular weight excluding hydrogens is 238 g/mol. The van der Waals surface area contributed by atoms with Gasteiger partial charge in [0.2, 0.25) is 10.0 Å². The van der Waals surface area contributed by atoms with Crippen LogP contribution in [0.15, 0.2) is 0 Å². The molecule has 0 saturated carbocycles. The van der Waals surface area contributed by atoms with E-state index in [-0.39, 0.29) is 19.6 Å². The second kappa shape index (κ2) is 6.44. The molecule has 0 aliphatic heterocycles. The Morgan fingerprint density at radius 3 is 2.38 bits per heavy atom. The lowest BCUT2D eigenvalue weighted by atomic mass is 10.4. The van der Waals surface area contributed by atoms with Crippen molar-refractivity contribution in [2.45, 2.75) is 13.3 Å². The molecule has 0 heterocycles. The summed E-state index contributed by atoms with van der Waals surface area (Å²) in [5, 5.41) is 8.36. The largest absolute Gasteiger partial charge is 0.480 e. The van der Waals surface area contributed by atoms with Gasteiger partial charge in [-0.05, 0) is 6.92 Å². The van der Waals surface area contributed by atoms with E-state index in [0.29, 0.717) is 0 Å². The highest BCUT2D eigenvalue weighted by molar-refractivity contribution is 7.89. The predicted octanol–water partition coefficient (Wildman–Crippen LogP) is -0.714. The molecule has 0 unspecified atom stereocenters. The predicted molar refractivity (Wildman–Crippen MR) is 55.3 cm³/mol. The number of sulfonamides is 1. The second-order valence-electron chi connectivity index (χ2n) is 3.03. The lowest BCUT2D eigenvalue weighted by Gasteiger charge is -2.14. The summed E-state index contributed by atoms with van der Waals surface area (Å²) in [6.45, 7) is 1.78. The number of nitrogens with zero attached hydrogens (tertiary/aromatic N) is 1. The van der Waals surface area contributed by atoms with Crippen molar-refractivity contribution in [2.75, 3.05) is 26.0 Å². The molecule has 16 heavy (non-hydrogen) atoms. The van der Waals surface area contributed by atoms with E-state index in [1.165, 1.54) is 7.05 Å². The van der Waals surface area contributed by atoms with E-state index < -0.39 is 27.7 Å². The lowest BCUT2D eigenvalue weighted by molar-refractivity contribution is -0.143. The van der Waals surface area contributed by atoms with Gasteiger partial charge in [0, 0.05) is 13.6 Å². The fourth-order valence-corrected chi connectivity index (χ4v) is 1.79. The SMILES string of the molecule is CCOC(=O)CCN(C)S(=O)(=O)CC(=O)O. The molecule has 0 aliphatic rings. The Morgan fingerprint density at radius 1 is 1.38 bits per heavy atom. The van der Waals surface area contributed by atoms with Gasteiger partial charge in [-0.1, -0.05) is 0 Å². The number of carbonyl (C=O) groups is 2. The summed E-state index contributed by atoms with van der Waals surface area (Å²) in [6, 6.07) is 0. The summed E-state index contributed by atoms with van der Waals surface area (Å²) in [6.07, 6.45) is -0.0941. The fourth-order valence-electron chi connectivity index (χ4n) is 0.887. The summed E-state index contributed by atoms with van der Waals surface area (Å²) in [5.74, 6) is -2.92. The number of rotatable bonds is 7. The smallest absolute Gasteiger partial charge is 0.320 e. The van der Waals surface area contributed by atoms with Crippen molar-refractivity contribution in [3.63, 3.8) is 0 Å². The second-order valence-corrected chi connectivity index (χ2v) is 5.10. The minimum absolute atomic E-state index is 0.0888. The highest BCUT2D eigenvalue weighted by atomic mass is 32.2. The fraction of sp³-hybridized carbons (Fsp3) is 0.750. The third kappa shape index (κ3) is 5.66. The highest BCUT2D eigenvalue weighted by Crippen LogP contribution is 2.00. The Balaban J connectivity index is 4.20. The Hall–Kier alpha value is -1.15. The lowest BCUT2D eigenvalue weighted by Crippen LogP contribution is -2.34. The monoisotopic (exact) mass is 253 g/mol. The molecular formula is C8H15NO6S. The molecule has 0 aromatic rings. The van der Waals surface area contributed by atoms with Crippen LogP contribution in [0.2, 0.25) is 0 Å². The van der Waals surface area contributed by atoms with Gasteiger partial charge in [0.15, 0.2) is 5.75 Å². The zero-order valence-corrected chi connectivity index (χ0v) is 9.99. The molecule has 0 saturated heterocycles. The van der Waals surface area contributed by atoms with E-state index >= 15 is 0 Å². The number of aliphatic carboxylic acids is 1. The van der Waals surface area contributed by atoms with Gasteiger partial charge in [-0.15, -0.1) is 0 Å². The van der Waals surface area contributed by atoms with Crippen LogP contribution in [0.25, 0.3) is 0 Å². The minimum atomic E-state index is -3.84. The van der Waals surface area contributed by atoms with E-state index in [9.17, 15) is 18.0 Å². The van der Waals surface area contributed by atoms with Crippen molar-refractivity contribution >= 4 is 22.0 Å². The Bertz CT molecular complexity index is 350. The molecule has 0 bridgehead atoms. The summed E-state index contributed by atoms with van der Waals surface area (Å²) < 4.78 is 28.0. The van der Waals surface area contributed by atoms with E-state index in [1.807, 2.05) is 0 Å². The average molecular weight is 253 g/mol. The maximum absolute atomic E-state index is 11.3. The molecule has 0 aliphatic carbocycles. The van der Waals surface area contributed by atoms with Crippen molar-refractivity contribution in [2.24, 2.45) is 0 Å². The van der Waals surface area contributed by atoms with Crippen LogP contribution in [0.1, 0.15) is 13.3 Å². The molecule has 0 radical (unpaired) electrons. The van der Waals surface area contributed by atoms with Crippen molar-refractivity contribution in [1.82, 2.24) is 4.31 Å². The highest BCUT2D eigenvalue weighted by Gasteiger charge is 2.22. The van der Waals surface area contributed by atoms with E-state index in [2.05, 4.69) is 4.74 Å². The third-order valence-electron chi connectivity index (χ3n) is 1.72. The Labute approximate surface area is 94.0 Å². The van der Waals surface area contributed by atoms with Crippen LogP contribution < -0.4 is 0 Å². The first-order valence-corrected chi connectivity index (χ1v) is 6.22. The van der Waals surface area contributed by atoms with Gasteiger partial charge in [0.25, 0.3) is 0 Å². The van der Waals surface area contributed by atoms with Crippen LogP contribution in [-0.4, -0.2) is 55.7 Å². The topological polar surface area (TPSA) is 101 Å². The molecule has 0 amide bonds. The van der Waals surface area contributed by atoms with E-state index in [1.54, 1.807) is 6.92 Å². The number of hydrogen-bond acceptors (Lipinski definition) is 5. The van der Waals surface area contributed by atoms with Gasteiger partial charge in [0.05, 0.1) is 13.0 Å². The number of hydrogen-bond donors (Lipinski definition) is 1. The van der Waals surface area contributed by atoms with Crippen molar-refractivity contribution < 1.29 is 27.9 Å². The van der Waals surface area contributed by atoms with Gasteiger partial charge in [-0.2, -0.15) is 0 Å². The molecule has 0 atom stereocenters. The van der Waals surface area contributed by atoms with Crippen LogP contribution in [0.5, 0.6) is 0 Å². The van der Waals surface area contributed by atoms with Gasteiger partial charge in [-0.3, -0.25) is 9.59 Å². The molecule has 0 rings (SSSR count). The Kier molecular flexibility index (Phi) is 5.97. The third-order valence-corrected chi connectivity index (χ3v) is 3.46. The summed E-state index contributed by atoms with van der Waals surface area (Å²) >= 11 is 0. The molecule has 0 fully saturated rings. The molecule has 0 aromatic carbocycles. The Morgan fingerprint density at radius 2 is 1.94 bits per heavy atom. The van der Waals surface area contributed by atoms with Crippen LogP contribution in [0.3, 0.4) is 0 Å². The van der Waals surface area contributed by atoms with E-state index in [4.69, 9.17) is 5.11 Å². The van der Waals surface area contributed by atoms with Gasteiger partial charge in [-0.25, -0.2) is 12.7 Å². The summed E-state index contributed by atoms with van der Waals surface area (Å²) in [7, 11) is -2.62. The molecule has 94 valence electrons. The van der Waals surface area contributed by atoms with Crippen LogP contribution in [0.4, 0.5) is 0 Å². The number of carboxylic acid groups (broad SMARTS) is 1. The number of carbonyl (C=O) groups excluding carboxylic acids is 1. The maximum Gasteiger partial charge on any atom is 0.320 e. The van der Waals surface area contributed by atoms with Crippen molar-refractivity contribution in [3.8, 4) is 0 Å². The average Bonchev–Trinajstić information content (AvgIpc) is 2.12. The van der Waals surface area contributed by atoms with E-state index in [0.717, 1.165) is 4.31 Å². The molecule has 0 aromatic heterocycles. The standard InChI is InChI=1S/C8H15NO6S/c1-3-15-8(12)4-5-9(2)16(13,14)6-7(10)11/h3-6H2,1-2H3,(H,10,11). The zero-order valence-electron chi connectivity index (χ0n) is 9.17. The van der Waals surface area contributed by atoms with Gasteiger partial charge < -0.3 is 9.84 Å². The first kappa shape index (κ1) is 14.8. The van der Waals surface area contributed by atoms with Crippen molar-refractivity contribution in [3.05, 3.63) is 0 Å².